The van der Waals surface area contributed by atoms with Crippen molar-refractivity contribution in [3.8, 4) is 0 Å². The molecule has 20 heavy (non-hydrogen) atoms. The maximum atomic E-state index is 11.9. The number of carbonyl (C=O) groups excluding carboxylic acids is 2. The molecule has 1 atom stereocenters. The van der Waals surface area contributed by atoms with Crippen LogP contribution in [0.25, 0.3) is 0 Å². The van der Waals surface area contributed by atoms with Crippen molar-refractivity contribution < 1.29 is 24.2 Å². The van der Waals surface area contributed by atoms with Gasteiger partial charge in [0.15, 0.2) is 0 Å². The number of anilines is 1. The van der Waals surface area contributed by atoms with Crippen molar-refractivity contribution in [3.05, 3.63) is 29.8 Å². The number of rotatable bonds is 4. The number of esters is 1. The molecule has 1 aromatic carbocycles. The summed E-state index contributed by atoms with van der Waals surface area (Å²) in [5.74, 6) is -2.91. The first kappa shape index (κ1) is 14.0. The summed E-state index contributed by atoms with van der Waals surface area (Å²) in [5, 5.41) is 8.92. The number of carboxylic acids is 1. The van der Waals surface area contributed by atoms with Gasteiger partial charge in [0.1, 0.15) is 5.92 Å². The lowest BCUT2D eigenvalue weighted by Crippen LogP contribution is -2.30. The van der Waals surface area contributed by atoms with Crippen LogP contribution in [0.1, 0.15) is 23.7 Å². The van der Waals surface area contributed by atoms with Gasteiger partial charge in [-0.2, -0.15) is 0 Å². The lowest BCUT2D eigenvalue weighted by molar-refractivity contribution is -0.144. The largest absolute Gasteiger partial charge is 0.481 e. The van der Waals surface area contributed by atoms with Crippen molar-refractivity contribution in [1.82, 2.24) is 0 Å². The highest BCUT2D eigenvalue weighted by molar-refractivity contribution is 6.07. The molecule has 1 aliphatic rings. The van der Waals surface area contributed by atoms with Crippen LogP contribution in [0.2, 0.25) is 0 Å². The second kappa shape index (κ2) is 5.73. The zero-order chi connectivity index (χ0) is 14.7. The molecule has 1 aliphatic heterocycles. The van der Waals surface area contributed by atoms with Gasteiger partial charge in [0.2, 0.25) is 5.91 Å². The number of hydrogen-bond acceptors (Lipinski definition) is 4. The fourth-order valence-electron chi connectivity index (χ4n) is 2.16. The molecule has 0 spiro atoms. The van der Waals surface area contributed by atoms with Gasteiger partial charge in [-0.15, -0.1) is 0 Å². The van der Waals surface area contributed by atoms with Crippen molar-refractivity contribution >= 4 is 23.5 Å². The van der Waals surface area contributed by atoms with Crippen molar-refractivity contribution in [2.24, 2.45) is 5.92 Å². The summed E-state index contributed by atoms with van der Waals surface area (Å²) in [7, 11) is 0. The summed E-state index contributed by atoms with van der Waals surface area (Å²) >= 11 is 0. The Morgan fingerprint density at radius 1 is 1.35 bits per heavy atom. The third kappa shape index (κ3) is 2.64. The number of carbonyl (C=O) groups is 3. The first-order valence-electron chi connectivity index (χ1n) is 6.36. The maximum absolute atomic E-state index is 11.9. The second-order valence-corrected chi connectivity index (χ2v) is 4.44. The average molecular weight is 277 g/mol. The number of nitrogens with zero attached hydrogens (tertiary/aromatic N) is 1. The van der Waals surface area contributed by atoms with Crippen LogP contribution in [-0.2, 0) is 14.3 Å². The van der Waals surface area contributed by atoms with E-state index in [2.05, 4.69) is 0 Å². The number of benzene rings is 1. The minimum absolute atomic E-state index is 0.297. The molecule has 1 N–H and O–H groups in total. The molecule has 0 bridgehead atoms. The highest BCUT2D eigenvalue weighted by atomic mass is 16.5. The van der Waals surface area contributed by atoms with Gasteiger partial charge in [0, 0.05) is 12.2 Å². The molecule has 1 saturated heterocycles. The Balaban J connectivity index is 2.13. The predicted molar refractivity (Wildman–Crippen MR) is 70.5 cm³/mol. The number of carboxylic acid groups (broad SMARTS) is 1. The van der Waals surface area contributed by atoms with Crippen LogP contribution < -0.4 is 4.90 Å². The van der Waals surface area contributed by atoms with Gasteiger partial charge in [0.25, 0.3) is 0 Å². The Morgan fingerprint density at radius 3 is 2.50 bits per heavy atom. The van der Waals surface area contributed by atoms with Gasteiger partial charge < -0.3 is 14.7 Å². The van der Waals surface area contributed by atoms with Gasteiger partial charge in [-0.05, 0) is 37.6 Å². The van der Waals surface area contributed by atoms with Crippen molar-refractivity contribution in [1.29, 1.82) is 0 Å². The Morgan fingerprint density at radius 2 is 2.00 bits per heavy atom. The summed E-state index contributed by atoms with van der Waals surface area (Å²) in [6.45, 7) is 2.39. The van der Waals surface area contributed by atoms with Gasteiger partial charge in [-0.1, -0.05) is 0 Å². The second-order valence-electron chi connectivity index (χ2n) is 4.44. The van der Waals surface area contributed by atoms with E-state index in [1.54, 1.807) is 31.2 Å². The van der Waals surface area contributed by atoms with Gasteiger partial charge in [0.05, 0.1) is 12.2 Å². The molecule has 6 heteroatoms. The summed E-state index contributed by atoms with van der Waals surface area (Å²) in [5.41, 5.74) is 0.990. The third-order valence-electron chi connectivity index (χ3n) is 3.19. The van der Waals surface area contributed by atoms with Gasteiger partial charge >= 0.3 is 11.9 Å². The van der Waals surface area contributed by atoms with E-state index >= 15 is 0 Å². The minimum Gasteiger partial charge on any atom is -0.481 e. The first-order valence-corrected chi connectivity index (χ1v) is 6.36. The number of aliphatic carboxylic acids is 1. The van der Waals surface area contributed by atoms with E-state index in [0.717, 1.165) is 0 Å². The van der Waals surface area contributed by atoms with E-state index < -0.39 is 23.8 Å². The van der Waals surface area contributed by atoms with E-state index in [4.69, 9.17) is 9.84 Å². The molecule has 1 unspecified atom stereocenters. The molecule has 1 heterocycles. The Labute approximate surface area is 115 Å². The van der Waals surface area contributed by atoms with E-state index in [0.29, 0.717) is 30.8 Å². The highest BCUT2D eigenvalue weighted by Crippen LogP contribution is 2.25. The molecular formula is C14H15NO5. The van der Waals surface area contributed by atoms with Gasteiger partial charge in [-0.3, -0.25) is 9.59 Å². The SMILES string of the molecule is CCOC(=O)c1ccc(N2CCC(C(=O)O)C2=O)cc1. The summed E-state index contributed by atoms with van der Waals surface area (Å²) in [6, 6.07) is 6.37. The Hall–Kier alpha value is -2.37. The molecule has 1 fully saturated rings. The Kier molecular flexibility index (Phi) is 4.02. The molecule has 0 aliphatic carbocycles. The lowest BCUT2D eigenvalue weighted by Gasteiger charge is -2.16. The lowest BCUT2D eigenvalue weighted by atomic mass is 10.1. The summed E-state index contributed by atoms with van der Waals surface area (Å²) in [6.07, 6.45) is 0.299. The predicted octanol–water partition coefficient (Wildman–Crippen LogP) is 1.30. The smallest absolute Gasteiger partial charge is 0.338 e. The molecule has 1 amide bonds. The monoisotopic (exact) mass is 277 g/mol. The van der Waals surface area contributed by atoms with E-state index in [1.807, 2.05) is 0 Å². The zero-order valence-electron chi connectivity index (χ0n) is 11.0. The molecule has 0 radical (unpaired) electrons. The molecule has 0 saturated carbocycles. The van der Waals surface area contributed by atoms with Crippen LogP contribution in [0.15, 0.2) is 24.3 Å². The normalized spacial score (nSPS) is 18.1. The van der Waals surface area contributed by atoms with Crippen molar-refractivity contribution in [2.75, 3.05) is 18.1 Å². The highest BCUT2D eigenvalue weighted by Gasteiger charge is 2.37. The van der Waals surface area contributed by atoms with E-state index in [1.165, 1.54) is 4.90 Å². The van der Waals surface area contributed by atoms with Crippen LogP contribution in [0.4, 0.5) is 5.69 Å². The molecule has 2 rings (SSSR count). The fourth-order valence-corrected chi connectivity index (χ4v) is 2.16. The van der Waals surface area contributed by atoms with Crippen LogP contribution in [0.5, 0.6) is 0 Å². The van der Waals surface area contributed by atoms with Crippen LogP contribution >= 0.6 is 0 Å². The number of ether oxygens (including phenoxy) is 1. The molecule has 106 valence electrons. The fraction of sp³-hybridized carbons (Fsp3) is 0.357. The standard InChI is InChI=1S/C14H15NO5/c1-2-20-14(19)9-3-5-10(6-4-9)15-8-7-11(12(15)16)13(17)18/h3-6,11H,2,7-8H2,1H3,(H,17,18). The van der Waals surface area contributed by atoms with E-state index in [9.17, 15) is 14.4 Å². The molecule has 6 nitrogen and oxygen atoms in total. The maximum Gasteiger partial charge on any atom is 0.338 e. The molecule has 0 aromatic heterocycles. The summed E-state index contributed by atoms with van der Waals surface area (Å²) in [4.78, 5) is 35.7. The summed E-state index contributed by atoms with van der Waals surface area (Å²) < 4.78 is 4.87. The van der Waals surface area contributed by atoms with Crippen molar-refractivity contribution in [2.45, 2.75) is 13.3 Å². The van der Waals surface area contributed by atoms with E-state index in [-0.39, 0.29) is 0 Å². The topological polar surface area (TPSA) is 83.9 Å². The van der Waals surface area contributed by atoms with Gasteiger partial charge in [-0.25, -0.2) is 4.79 Å². The quantitative estimate of drug-likeness (QED) is 0.662. The van der Waals surface area contributed by atoms with Crippen LogP contribution in [0, 0.1) is 5.92 Å². The molecule has 1 aromatic rings. The third-order valence-corrected chi connectivity index (χ3v) is 3.19. The average Bonchev–Trinajstić information content (AvgIpc) is 2.81. The number of amides is 1. The number of hydrogen-bond donors (Lipinski definition) is 1. The first-order chi connectivity index (χ1) is 9.54. The van der Waals surface area contributed by atoms with Crippen LogP contribution in [0.3, 0.4) is 0 Å². The minimum atomic E-state index is -1.10. The Bertz CT molecular complexity index is 537. The zero-order valence-corrected chi connectivity index (χ0v) is 11.0. The van der Waals surface area contributed by atoms with Crippen molar-refractivity contribution in [3.63, 3.8) is 0 Å². The molecular weight excluding hydrogens is 262 g/mol. The van der Waals surface area contributed by atoms with Crippen LogP contribution in [-0.4, -0.2) is 36.1 Å².